The number of rotatable bonds is 4. The molecule has 7 nitrogen and oxygen atoms in total. The van der Waals surface area contributed by atoms with Gasteiger partial charge in [-0.15, -0.1) is 0 Å². The Balaban J connectivity index is 1.84. The molecule has 0 aromatic carbocycles. The summed E-state index contributed by atoms with van der Waals surface area (Å²) in [7, 11) is 1.80. The fourth-order valence-corrected chi connectivity index (χ4v) is 3.39. The normalized spacial score (nSPS) is 22.1. The van der Waals surface area contributed by atoms with Crippen LogP contribution >= 0.6 is 0 Å². The van der Waals surface area contributed by atoms with Gasteiger partial charge in [-0.05, 0) is 12.3 Å². The molecule has 1 aromatic heterocycles. The summed E-state index contributed by atoms with van der Waals surface area (Å²) < 4.78 is 0. The van der Waals surface area contributed by atoms with Gasteiger partial charge in [-0.3, -0.25) is 9.69 Å². The lowest BCUT2D eigenvalue weighted by atomic mass is 9.87. The van der Waals surface area contributed by atoms with Crippen molar-refractivity contribution in [3.8, 4) is 0 Å². The SMILES string of the molecule is CNc1nc(N2CCN(CCO)CC2)nc2c1C(=O)C[C@H](C)C2. The van der Waals surface area contributed by atoms with Crippen molar-refractivity contribution in [1.29, 1.82) is 0 Å². The van der Waals surface area contributed by atoms with Gasteiger partial charge in [0.05, 0.1) is 17.9 Å². The van der Waals surface area contributed by atoms with Crippen molar-refractivity contribution >= 4 is 17.5 Å². The first-order chi connectivity index (χ1) is 11.1. The Bertz CT molecular complexity index is 584. The van der Waals surface area contributed by atoms with E-state index >= 15 is 0 Å². The number of β-amino-alcohol motifs (C(OH)–C–C–N with tert-alkyl or cyclic N) is 1. The topological polar surface area (TPSA) is 81.6 Å². The molecule has 7 heteroatoms. The number of piperazine rings is 1. The summed E-state index contributed by atoms with van der Waals surface area (Å²) in [4.78, 5) is 26.0. The molecule has 0 radical (unpaired) electrons. The fourth-order valence-electron chi connectivity index (χ4n) is 3.39. The summed E-state index contributed by atoms with van der Waals surface area (Å²) >= 11 is 0. The number of nitrogens with one attached hydrogen (secondary N) is 1. The first-order valence-electron chi connectivity index (χ1n) is 8.32. The average molecular weight is 319 g/mol. The van der Waals surface area contributed by atoms with Gasteiger partial charge >= 0.3 is 0 Å². The molecule has 2 heterocycles. The molecule has 1 fully saturated rings. The zero-order valence-electron chi connectivity index (χ0n) is 13.9. The maximum atomic E-state index is 12.3. The Labute approximate surface area is 136 Å². The highest BCUT2D eigenvalue weighted by Gasteiger charge is 2.29. The number of aliphatic hydroxyl groups excluding tert-OH is 1. The quantitative estimate of drug-likeness (QED) is 0.831. The van der Waals surface area contributed by atoms with Crippen LogP contribution < -0.4 is 10.2 Å². The van der Waals surface area contributed by atoms with Gasteiger partial charge in [-0.2, -0.15) is 4.98 Å². The van der Waals surface area contributed by atoms with Gasteiger partial charge in [0, 0.05) is 46.2 Å². The number of Topliss-reactive ketones (excluding diaryl/α,β-unsaturated/α-hetero) is 1. The lowest BCUT2D eigenvalue weighted by Gasteiger charge is -2.35. The van der Waals surface area contributed by atoms with E-state index in [2.05, 4.69) is 27.0 Å². The number of aromatic nitrogens is 2. The molecule has 0 unspecified atom stereocenters. The van der Waals surface area contributed by atoms with Crippen LogP contribution in [0.15, 0.2) is 0 Å². The number of hydrogen-bond acceptors (Lipinski definition) is 7. The van der Waals surface area contributed by atoms with Gasteiger partial charge in [-0.1, -0.05) is 6.92 Å². The van der Waals surface area contributed by atoms with Gasteiger partial charge < -0.3 is 15.3 Å². The molecular weight excluding hydrogens is 294 g/mol. The van der Waals surface area contributed by atoms with Crippen LogP contribution in [-0.2, 0) is 6.42 Å². The van der Waals surface area contributed by atoms with Gasteiger partial charge in [0.25, 0.3) is 0 Å². The van der Waals surface area contributed by atoms with Crippen LogP contribution in [0.5, 0.6) is 0 Å². The molecule has 1 atom stereocenters. The molecule has 3 rings (SSSR count). The van der Waals surface area contributed by atoms with Crippen LogP contribution in [0.1, 0.15) is 29.4 Å². The number of hydrogen-bond donors (Lipinski definition) is 2. The van der Waals surface area contributed by atoms with Crippen LogP contribution in [-0.4, -0.2) is 72.1 Å². The van der Waals surface area contributed by atoms with E-state index in [1.54, 1.807) is 7.05 Å². The molecule has 1 aliphatic heterocycles. The van der Waals surface area contributed by atoms with Crippen molar-refractivity contribution in [2.24, 2.45) is 5.92 Å². The first-order valence-corrected chi connectivity index (χ1v) is 8.32. The summed E-state index contributed by atoms with van der Waals surface area (Å²) in [5, 5.41) is 12.1. The molecule has 1 aliphatic carbocycles. The predicted molar refractivity (Wildman–Crippen MR) is 89.1 cm³/mol. The summed E-state index contributed by atoms with van der Waals surface area (Å²) in [6.45, 7) is 6.47. The standard InChI is InChI=1S/C16H25N5O2/c1-11-9-12-14(13(23)10-11)15(17-2)19-16(18-12)21-5-3-20(4-6-21)7-8-22/h11,22H,3-10H2,1-2H3,(H,17,18,19)/t11-/m1/s1. The van der Waals surface area contributed by atoms with E-state index in [9.17, 15) is 4.79 Å². The number of aliphatic hydroxyl groups is 1. The second kappa shape index (κ2) is 6.80. The van der Waals surface area contributed by atoms with Crippen LogP contribution in [0.25, 0.3) is 0 Å². The number of carbonyl (C=O) groups is 1. The highest BCUT2D eigenvalue weighted by atomic mass is 16.3. The second-order valence-corrected chi connectivity index (χ2v) is 6.43. The number of carbonyl (C=O) groups excluding carboxylic acids is 1. The third-order valence-electron chi connectivity index (χ3n) is 4.63. The van der Waals surface area contributed by atoms with Crippen molar-refractivity contribution in [3.63, 3.8) is 0 Å². The second-order valence-electron chi connectivity index (χ2n) is 6.43. The molecule has 1 saturated heterocycles. The summed E-state index contributed by atoms with van der Waals surface area (Å²) in [6, 6.07) is 0. The minimum absolute atomic E-state index is 0.141. The van der Waals surface area contributed by atoms with Crippen molar-refractivity contribution in [1.82, 2.24) is 14.9 Å². The Morgan fingerprint density at radius 1 is 1.22 bits per heavy atom. The molecule has 0 amide bonds. The number of ketones is 1. The molecule has 0 saturated carbocycles. The van der Waals surface area contributed by atoms with Crippen molar-refractivity contribution in [3.05, 3.63) is 11.3 Å². The summed E-state index contributed by atoms with van der Waals surface area (Å²) in [5.41, 5.74) is 1.55. The number of fused-ring (bicyclic) bond motifs is 1. The van der Waals surface area contributed by atoms with E-state index in [0.717, 1.165) is 38.3 Å². The van der Waals surface area contributed by atoms with E-state index in [4.69, 9.17) is 10.1 Å². The minimum Gasteiger partial charge on any atom is -0.395 e. The molecule has 2 aliphatic rings. The van der Waals surface area contributed by atoms with Gasteiger partial charge in [0.1, 0.15) is 5.82 Å². The van der Waals surface area contributed by atoms with Gasteiger partial charge in [0.2, 0.25) is 5.95 Å². The van der Waals surface area contributed by atoms with E-state index in [1.807, 2.05) is 0 Å². The largest absolute Gasteiger partial charge is 0.395 e. The highest BCUT2D eigenvalue weighted by molar-refractivity contribution is 6.02. The van der Waals surface area contributed by atoms with E-state index in [0.29, 0.717) is 36.2 Å². The smallest absolute Gasteiger partial charge is 0.227 e. The van der Waals surface area contributed by atoms with Gasteiger partial charge in [-0.25, -0.2) is 4.98 Å². The predicted octanol–water partition coefficient (Wildman–Crippen LogP) is 0.398. The zero-order valence-corrected chi connectivity index (χ0v) is 13.9. The minimum atomic E-state index is 0.141. The molecule has 0 spiro atoms. The Morgan fingerprint density at radius 2 is 1.96 bits per heavy atom. The monoisotopic (exact) mass is 319 g/mol. The molecule has 126 valence electrons. The van der Waals surface area contributed by atoms with Crippen molar-refractivity contribution in [2.75, 3.05) is 56.6 Å². The lowest BCUT2D eigenvalue weighted by Crippen LogP contribution is -2.48. The fraction of sp³-hybridized carbons (Fsp3) is 0.688. The lowest BCUT2D eigenvalue weighted by molar-refractivity contribution is 0.0952. The van der Waals surface area contributed by atoms with Crippen LogP contribution in [0.3, 0.4) is 0 Å². The maximum Gasteiger partial charge on any atom is 0.227 e. The van der Waals surface area contributed by atoms with E-state index in [-0.39, 0.29) is 12.4 Å². The number of anilines is 2. The number of nitrogens with zero attached hydrogens (tertiary/aromatic N) is 4. The molecule has 0 bridgehead atoms. The molecular formula is C16H25N5O2. The molecule has 2 N–H and O–H groups in total. The first kappa shape index (κ1) is 16.1. The van der Waals surface area contributed by atoms with Crippen LogP contribution in [0, 0.1) is 5.92 Å². The Morgan fingerprint density at radius 3 is 2.61 bits per heavy atom. The zero-order chi connectivity index (χ0) is 16.4. The Hall–Kier alpha value is -1.73. The third-order valence-corrected chi connectivity index (χ3v) is 4.63. The maximum absolute atomic E-state index is 12.3. The highest BCUT2D eigenvalue weighted by Crippen LogP contribution is 2.30. The van der Waals surface area contributed by atoms with Crippen molar-refractivity contribution < 1.29 is 9.90 Å². The Kier molecular flexibility index (Phi) is 4.77. The van der Waals surface area contributed by atoms with Crippen molar-refractivity contribution in [2.45, 2.75) is 19.8 Å². The van der Waals surface area contributed by atoms with Crippen LogP contribution in [0.2, 0.25) is 0 Å². The van der Waals surface area contributed by atoms with E-state index < -0.39 is 0 Å². The molecule has 23 heavy (non-hydrogen) atoms. The summed E-state index contributed by atoms with van der Waals surface area (Å²) in [5.74, 6) is 1.84. The average Bonchev–Trinajstić information content (AvgIpc) is 2.54. The van der Waals surface area contributed by atoms with E-state index in [1.165, 1.54) is 0 Å². The summed E-state index contributed by atoms with van der Waals surface area (Å²) in [6.07, 6.45) is 1.40. The molecule has 1 aromatic rings. The van der Waals surface area contributed by atoms with Crippen LogP contribution in [0.4, 0.5) is 11.8 Å². The third kappa shape index (κ3) is 3.30. The van der Waals surface area contributed by atoms with Gasteiger partial charge in [0.15, 0.2) is 5.78 Å².